The number of pyridine rings is 1. The number of aromatic nitrogens is 1. The molecule has 1 aromatic heterocycles. The van der Waals surface area contributed by atoms with Gasteiger partial charge in [0.25, 0.3) is 0 Å². The molecule has 1 heterocycles. The number of hydrogen-bond acceptors (Lipinski definition) is 3. The first kappa shape index (κ1) is 13.2. The van der Waals surface area contributed by atoms with Crippen LogP contribution >= 0.6 is 0 Å². The van der Waals surface area contributed by atoms with Crippen LogP contribution in [0, 0.1) is 0 Å². The molecule has 0 bridgehead atoms. The largest absolute Gasteiger partial charge is 0.573 e. The van der Waals surface area contributed by atoms with Gasteiger partial charge in [-0.3, -0.25) is 0 Å². The number of ether oxygens (including phenoxy) is 2. The highest BCUT2D eigenvalue weighted by molar-refractivity contribution is 5.67. The lowest BCUT2D eigenvalue weighted by atomic mass is 10.1. The smallest absolute Gasteiger partial charge is 0.481 e. The predicted octanol–water partition coefficient (Wildman–Crippen LogP) is 3.66. The second-order valence-corrected chi connectivity index (χ2v) is 3.61. The van der Waals surface area contributed by atoms with Gasteiger partial charge in [0, 0.05) is 11.6 Å². The number of benzene rings is 1. The average Bonchev–Trinajstić information content (AvgIpc) is 2.37. The van der Waals surface area contributed by atoms with Crippen LogP contribution in [0.2, 0.25) is 0 Å². The van der Waals surface area contributed by atoms with Crippen molar-refractivity contribution >= 4 is 0 Å². The van der Waals surface area contributed by atoms with Crippen LogP contribution in [-0.2, 0) is 0 Å². The summed E-state index contributed by atoms with van der Waals surface area (Å²) in [5, 5.41) is 0. The van der Waals surface area contributed by atoms with E-state index in [0.29, 0.717) is 11.6 Å². The van der Waals surface area contributed by atoms with Crippen molar-refractivity contribution in [2.45, 2.75) is 6.36 Å². The van der Waals surface area contributed by atoms with Crippen molar-refractivity contribution in [2.75, 3.05) is 7.11 Å². The summed E-state index contributed by atoms with van der Waals surface area (Å²) in [6.07, 6.45) is -4.74. The Morgan fingerprint density at radius 2 is 1.74 bits per heavy atom. The highest BCUT2D eigenvalue weighted by Crippen LogP contribution is 2.33. The van der Waals surface area contributed by atoms with Gasteiger partial charge in [-0.2, -0.15) is 0 Å². The molecule has 0 unspecified atom stereocenters. The van der Waals surface area contributed by atoms with Crippen LogP contribution < -0.4 is 9.47 Å². The molecule has 0 saturated carbocycles. The van der Waals surface area contributed by atoms with Gasteiger partial charge < -0.3 is 9.47 Å². The highest BCUT2D eigenvalue weighted by atomic mass is 19.4. The van der Waals surface area contributed by atoms with Crippen LogP contribution in [0.4, 0.5) is 13.2 Å². The predicted molar refractivity (Wildman–Crippen MR) is 62.9 cm³/mol. The molecule has 100 valence electrons. The number of nitrogens with zero attached hydrogens (tertiary/aromatic N) is 1. The van der Waals surface area contributed by atoms with Gasteiger partial charge in [0.2, 0.25) is 5.88 Å². The fraction of sp³-hybridized carbons (Fsp3) is 0.154. The lowest BCUT2D eigenvalue weighted by Crippen LogP contribution is -2.17. The van der Waals surface area contributed by atoms with E-state index in [1.165, 1.54) is 25.3 Å². The van der Waals surface area contributed by atoms with Gasteiger partial charge in [0.05, 0.1) is 12.8 Å². The second kappa shape index (κ2) is 5.17. The SMILES string of the molecule is COc1cccc(-c2ccccc2OC(F)(F)F)n1. The maximum Gasteiger partial charge on any atom is 0.573 e. The molecular formula is C13H10F3NO2. The second-order valence-electron chi connectivity index (χ2n) is 3.61. The Hall–Kier alpha value is -2.24. The molecule has 0 radical (unpaired) electrons. The first-order chi connectivity index (χ1) is 8.99. The van der Waals surface area contributed by atoms with Crippen molar-refractivity contribution in [1.82, 2.24) is 4.98 Å². The van der Waals surface area contributed by atoms with E-state index in [-0.39, 0.29) is 11.3 Å². The fourth-order valence-corrected chi connectivity index (χ4v) is 1.57. The molecule has 0 fully saturated rings. The van der Waals surface area contributed by atoms with Crippen LogP contribution in [-0.4, -0.2) is 18.5 Å². The minimum Gasteiger partial charge on any atom is -0.481 e. The average molecular weight is 269 g/mol. The number of para-hydroxylation sites is 1. The maximum atomic E-state index is 12.3. The topological polar surface area (TPSA) is 31.4 Å². The molecule has 0 amide bonds. The van der Waals surface area contributed by atoms with Gasteiger partial charge in [-0.1, -0.05) is 18.2 Å². The van der Waals surface area contributed by atoms with E-state index in [1.54, 1.807) is 24.3 Å². The number of methoxy groups -OCH3 is 1. The van der Waals surface area contributed by atoms with E-state index in [2.05, 4.69) is 9.72 Å². The highest BCUT2D eigenvalue weighted by Gasteiger charge is 2.32. The number of alkyl halides is 3. The van der Waals surface area contributed by atoms with Crippen molar-refractivity contribution < 1.29 is 22.6 Å². The number of hydrogen-bond donors (Lipinski definition) is 0. The Kier molecular flexibility index (Phi) is 3.59. The summed E-state index contributed by atoms with van der Waals surface area (Å²) in [4.78, 5) is 4.08. The Bertz CT molecular complexity index is 570. The van der Waals surface area contributed by atoms with Gasteiger partial charge in [-0.25, -0.2) is 4.98 Å². The lowest BCUT2D eigenvalue weighted by molar-refractivity contribution is -0.274. The maximum absolute atomic E-state index is 12.3. The van der Waals surface area contributed by atoms with Crippen LogP contribution in [0.25, 0.3) is 11.3 Å². The zero-order chi connectivity index (χ0) is 13.9. The molecule has 2 aromatic rings. The Labute approximate surface area is 107 Å². The first-order valence-corrected chi connectivity index (χ1v) is 5.36. The molecule has 3 nitrogen and oxygen atoms in total. The number of rotatable bonds is 3. The summed E-state index contributed by atoms with van der Waals surface area (Å²) in [7, 11) is 1.43. The van der Waals surface area contributed by atoms with Gasteiger partial charge in [0.15, 0.2) is 0 Å². The van der Waals surface area contributed by atoms with E-state index >= 15 is 0 Å². The number of halogens is 3. The summed E-state index contributed by atoms with van der Waals surface area (Å²) in [5.74, 6) is 0.0232. The van der Waals surface area contributed by atoms with E-state index in [4.69, 9.17) is 4.74 Å². The molecule has 0 N–H and O–H groups in total. The van der Waals surface area contributed by atoms with E-state index in [9.17, 15) is 13.2 Å². The lowest BCUT2D eigenvalue weighted by Gasteiger charge is -2.13. The molecular weight excluding hydrogens is 259 g/mol. The molecule has 2 rings (SSSR count). The molecule has 0 saturated heterocycles. The van der Waals surface area contributed by atoms with Crippen molar-refractivity contribution in [3.8, 4) is 22.9 Å². The zero-order valence-electron chi connectivity index (χ0n) is 9.94. The summed E-state index contributed by atoms with van der Waals surface area (Å²) in [6.45, 7) is 0. The third-order valence-electron chi connectivity index (χ3n) is 2.32. The van der Waals surface area contributed by atoms with Gasteiger partial charge in [-0.05, 0) is 18.2 Å². The monoisotopic (exact) mass is 269 g/mol. The minimum atomic E-state index is -4.74. The Balaban J connectivity index is 2.44. The van der Waals surface area contributed by atoms with Crippen LogP contribution in [0.1, 0.15) is 0 Å². The molecule has 0 atom stereocenters. The van der Waals surface area contributed by atoms with E-state index in [1.807, 2.05) is 0 Å². The molecule has 0 aliphatic heterocycles. The Morgan fingerprint density at radius 1 is 1.00 bits per heavy atom. The van der Waals surface area contributed by atoms with E-state index < -0.39 is 6.36 Å². The van der Waals surface area contributed by atoms with Gasteiger partial charge in [-0.15, -0.1) is 13.2 Å². The molecule has 6 heteroatoms. The first-order valence-electron chi connectivity index (χ1n) is 5.36. The third kappa shape index (κ3) is 3.37. The fourth-order valence-electron chi connectivity index (χ4n) is 1.57. The molecule has 0 aliphatic carbocycles. The zero-order valence-corrected chi connectivity index (χ0v) is 9.94. The Morgan fingerprint density at radius 3 is 2.42 bits per heavy atom. The van der Waals surface area contributed by atoms with Crippen molar-refractivity contribution in [1.29, 1.82) is 0 Å². The standard InChI is InChI=1S/C13H10F3NO2/c1-18-12-8-4-6-10(17-12)9-5-2-3-7-11(9)19-13(14,15)16/h2-8H,1H3. The normalized spacial score (nSPS) is 11.2. The summed E-state index contributed by atoms with van der Waals surface area (Å²) in [5.41, 5.74) is 0.595. The van der Waals surface area contributed by atoms with Crippen molar-refractivity contribution in [3.63, 3.8) is 0 Å². The molecule has 19 heavy (non-hydrogen) atoms. The summed E-state index contributed by atoms with van der Waals surface area (Å²) < 4.78 is 45.9. The molecule has 0 aliphatic rings. The van der Waals surface area contributed by atoms with Crippen molar-refractivity contribution in [2.24, 2.45) is 0 Å². The molecule has 1 aromatic carbocycles. The summed E-state index contributed by atoms with van der Waals surface area (Å²) in [6, 6.07) is 10.7. The van der Waals surface area contributed by atoms with Crippen molar-refractivity contribution in [3.05, 3.63) is 42.5 Å². The van der Waals surface area contributed by atoms with Crippen LogP contribution in [0.5, 0.6) is 11.6 Å². The molecule has 0 spiro atoms. The van der Waals surface area contributed by atoms with Crippen LogP contribution in [0.3, 0.4) is 0 Å². The van der Waals surface area contributed by atoms with Gasteiger partial charge >= 0.3 is 6.36 Å². The quantitative estimate of drug-likeness (QED) is 0.852. The van der Waals surface area contributed by atoms with E-state index in [0.717, 1.165) is 0 Å². The third-order valence-corrected chi connectivity index (χ3v) is 2.32. The summed E-state index contributed by atoms with van der Waals surface area (Å²) >= 11 is 0. The minimum absolute atomic E-state index is 0.249. The van der Waals surface area contributed by atoms with Crippen LogP contribution in [0.15, 0.2) is 42.5 Å². The van der Waals surface area contributed by atoms with Gasteiger partial charge in [0.1, 0.15) is 5.75 Å².